The molecule has 2 nitrogen and oxygen atoms in total. The fourth-order valence-electron chi connectivity index (χ4n) is 2.44. The van der Waals surface area contributed by atoms with Crippen LogP contribution in [0.4, 0.5) is 0 Å². The van der Waals surface area contributed by atoms with Crippen molar-refractivity contribution >= 4 is 5.97 Å². The van der Waals surface area contributed by atoms with E-state index in [9.17, 15) is 4.79 Å². The smallest absolute Gasteiger partial charge is 0.303 e. The molecule has 0 radical (unpaired) electrons. The Balaban J connectivity index is 0.000000606. The first kappa shape index (κ1) is 12.8. The molecule has 0 saturated heterocycles. The molecule has 2 aliphatic carbocycles. The summed E-state index contributed by atoms with van der Waals surface area (Å²) in [5.41, 5.74) is 3.11. The highest BCUT2D eigenvalue weighted by atomic mass is 16.4. The Kier molecular flexibility index (Phi) is 5.07. The molecule has 0 heterocycles. The molecule has 1 unspecified atom stereocenters. The standard InChI is InChI=1S/C12H16O2.C2H4/c13-12(14)5-3-1-2-4-9-8-10-6-7-11(9)10;1-2/h1,4,9-11H,3,5-8H2,(H,13,14);1-2H2/t2?,9-,10?,11-;/m1./s1. The second-order valence-electron chi connectivity index (χ2n) is 4.37. The number of carbonyl (C=O) groups is 1. The number of allylic oxidation sites excluding steroid dienone is 1. The van der Waals surface area contributed by atoms with Crippen molar-refractivity contribution in [1.82, 2.24) is 0 Å². The van der Waals surface area contributed by atoms with Crippen LogP contribution in [-0.2, 0) is 4.79 Å². The molecule has 0 amide bonds. The molecule has 2 heteroatoms. The molecule has 0 aromatic carbocycles. The molecule has 16 heavy (non-hydrogen) atoms. The Labute approximate surface area is 97.4 Å². The molecule has 2 saturated carbocycles. The summed E-state index contributed by atoms with van der Waals surface area (Å²) in [7, 11) is 0. The van der Waals surface area contributed by atoms with Crippen molar-refractivity contribution < 1.29 is 9.90 Å². The van der Waals surface area contributed by atoms with Crippen LogP contribution in [0.2, 0.25) is 0 Å². The van der Waals surface area contributed by atoms with Gasteiger partial charge in [-0.15, -0.1) is 18.9 Å². The van der Waals surface area contributed by atoms with E-state index in [1.165, 1.54) is 19.3 Å². The first-order valence-electron chi connectivity index (χ1n) is 5.90. The van der Waals surface area contributed by atoms with Crippen molar-refractivity contribution in [2.45, 2.75) is 32.1 Å². The van der Waals surface area contributed by atoms with Gasteiger partial charge in [0.05, 0.1) is 0 Å². The molecule has 2 aliphatic rings. The van der Waals surface area contributed by atoms with E-state index < -0.39 is 5.97 Å². The molecule has 1 N–H and O–H groups in total. The third-order valence-electron chi connectivity index (χ3n) is 3.53. The topological polar surface area (TPSA) is 37.3 Å². The molecule has 0 bridgehead atoms. The largest absolute Gasteiger partial charge is 0.481 e. The van der Waals surface area contributed by atoms with Crippen molar-refractivity contribution in [2.75, 3.05) is 0 Å². The zero-order valence-corrected chi connectivity index (χ0v) is 9.69. The fraction of sp³-hybridized carbons (Fsp3) is 0.571. The zero-order chi connectivity index (χ0) is 12.0. The van der Waals surface area contributed by atoms with Gasteiger partial charge in [0.2, 0.25) is 0 Å². The van der Waals surface area contributed by atoms with E-state index in [4.69, 9.17) is 5.11 Å². The first-order valence-corrected chi connectivity index (χ1v) is 5.90. The summed E-state index contributed by atoms with van der Waals surface area (Å²) in [6, 6.07) is 0. The van der Waals surface area contributed by atoms with Gasteiger partial charge in [-0.25, -0.2) is 0 Å². The molecule has 0 aromatic rings. The van der Waals surface area contributed by atoms with E-state index in [2.05, 4.69) is 25.0 Å². The lowest BCUT2D eigenvalue weighted by atomic mass is 9.53. The molecule has 2 fully saturated rings. The van der Waals surface area contributed by atoms with E-state index >= 15 is 0 Å². The highest BCUT2D eigenvalue weighted by Crippen LogP contribution is 2.54. The highest BCUT2D eigenvalue weighted by Gasteiger charge is 2.45. The number of fused-ring (bicyclic) bond motifs is 1. The summed E-state index contributed by atoms with van der Waals surface area (Å²) < 4.78 is 0. The normalized spacial score (nSPS) is 29.1. The Morgan fingerprint density at radius 2 is 2.19 bits per heavy atom. The van der Waals surface area contributed by atoms with Gasteiger partial charge in [-0.2, -0.15) is 0 Å². The third kappa shape index (κ3) is 3.11. The molecule has 0 aromatic heterocycles. The lowest BCUT2D eigenvalue weighted by Gasteiger charge is -2.51. The van der Waals surface area contributed by atoms with Gasteiger partial charge >= 0.3 is 5.97 Å². The number of carboxylic acids is 1. The van der Waals surface area contributed by atoms with Crippen molar-refractivity contribution in [3.8, 4) is 0 Å². The van der Waals surface area contributed by atoms with Crippen LogP contribution >= 0.6 is 0 Å². The Hall–Kier alpha value is -1.27. The summed E-state index contributed by atoms with van der Waals surface area (Å²) in [6.07, 6.45) is 8.97. The van der Waals surface area contributed by atoms with Crippen LogP contribution in [0.1, 0.15) is 32.1 Å². The van der Waals surface area contributed by atoms with E-state index in [0.717, 1.165) is 17.8 Å². The van der Waals surface area contributed by atoms with Gasteiger partial charge in [0.15, 0.2) is 0 Å². The van der Waals surface area contributed by atoms with Gasteiger partial charge in [-0.3, -0.25) is 4.79 Å². The summed E-state index contributed by atoms with van der Waals surface area (Å²) >= 11 is 0. The van der Waals surface area contributed by atoms with Gasteiger partial charge in [-0.05, 0) is 55.6 Å². The van der Waals surface area contributed by atoms with Gasteiger partial charge in [-0.1, -0.05) is 0 Å². The number of hydrogen-bond donors (Lipinski definition) is 1. The van der Waals surface area contributed by atoms with Gasteiger partial charge in [0.25, 0.3) is 0 Å². The minimum atomic E-state index is -0.731. The monoisotopic (exact) mass is 220 g/mol. The van der Waals surface area contributed by atoms with Crippen LogP contribution in [0.15, 0.2) is 31.0 Å². The highest BCUT2D eigenvalue weighted by molar-refractivity contribution is 5.66. The van der Waals surface area contributed by atoms with Crippen molar-refractivity contribution in [2.24, 2.45) is 17.8 Å². The lowest BCUT2D eigenvalue weighted by molar-refractivity contribution is -0.136. The minimum absolute atomic E-state index is 0.220. The maximum absolute atomic E-state index is 10.2. The van der Waals surface area contributed by atoms with Crippen molar-refractivity contribution in [3.63, 3.8) is 0 Å². The first-order chi connectivity index (χ1) is 7.77. The summed E-state index contributed by atoms with van der Waals surface area (Å²) in [4.78, 5) is 10.2. The molecular formula is C14H20O2. The van der Waals surface area contributed by atoms with E-state index in [1.807, 2.05) is 6.08 Å². The summed E-state index contributed by atoms with van der Waals surface area (Å²) in [5, 5.41) is 8.41. The number of hydrogen-bond acceptors (Lipinski definition) is 1. The summed E-state index contributed by atoms with van der Waals surface area (Å²) in [6.45, 7) is 6.00. The zero-order valence-electron chi connectivity index (χ0n) is 9.69. The van der Waals surface area contributed by atoms with E-state index in [-0.39, 0.29) is 6.42 Å². The third-order valence-corrected chi connectivity index (χ3v) is 3.53. The van der Waals surface area contributed by atoms with Crippen molar-refractivity contribution in [3.05, 3.63) is 31.0 Å². The quantitative estimate of drug-likeness (QED) is 0.582. The second kappa shape index (κ2) is 6.34. The molecular weight excluding hydrogens is 200 g/mol. The number of carboxylic acid groups (broad SMARTS) is 1. The molecule has 0 spiro atoms. The number of rotatable bonds is 4. The SMILES string of the molecule is C=C.O=C(O)CCC=C=C[C@@H]1CC2CC[C@@H]21. The van der Waals surface area contributed by atoms with Gasteiger partial charge < -0.3 is 5.11 Å². The average molecular weight is 220 g/mol. The maximum atomic E-state index is 10.2. The molecule has 0 aliphatic heterocycles. The van der Waals surface area contributed by atoms with Gasteiger partial charge in [0, 0.05) is 6.42 Å². The average Bonchev–Trinajstić information content (AvgIpc) is 2.26. The van der Waals surface area contributed by atoms with E-state index in [0.29, 0.717) is 6.42 Å². The van der Waals surface area contributed by atoms with Crippen LogP contribution in [0, 0.1) is 17.8 Å². The Morgan fingerprint density at radius 1 is 1.44 bits per heavy atom. The van der Waals surface area contributed by atoms with Gasteiger partial charge in [0.1, 0.15) is 0 Å². The fourth-order valence-corrected chi connectivity index (χ4v) is 2.44. The Morgan fingerprint density at radius 3 is 2.62 bits per heavy atom. The van der Waals surface area contributed by atoms with Crippen LogP contribution in [0.25, 0.3) is 0 Å². The predicted molar refractivity (Wildman–Crippen MR) is 65.1 cm³/mol. The van der Waals surface area contributed by atoms with E-state index in [1.54, 1.807) is 0 Å². The lowest BCUT2D eigenvalue weighted by Crippen LogP contribution is -2.43. The van der Waals surface area contributed by atoms with Crippen LogP contribution in [-0.4, -0.2) is 11.1 Å². The Bertz CT molecular complexity index is 300. The second-order valence-corrected chi connectivity index (χ2v) is 4.37. The van der Waals surface area contributed by atoms with Crippen molar-refractivity contribution in [1.29, 1.82) is 0 Å². The molecule has 88 valence electrons. The number of aliphatic carboxylic acids is 1. The minimum Gasteiger partial charge on any atom is -0.481 e. The van der Waals surface area contributed by atoms with Crippen LogP contribution in [0.3, 0.4) is 0 Å². The molecule has 3 atom stereocenters. The molecule has 2 rings (SSSR count). The maximum Gasteiger partial charge on any atom is 0.303 e. The van der Waals surface area contributed by atoms with Crippen LogP contribution in [0.5, 0.6) is 0 Å². The van der Waals surface area contributed by atoms with Crippen LogP contribution < -0.4 is 0 Å². The predicted octanol–water partition coefficient (Wildman–Crippen LogP) is 3.41. The summed E-state index contributed by atoms with van der Waals surface area (Å²) in [5.74, 6) is 1.97.